The molecule has 3 unspecified atom stereocenters. The lowest BCUT2D eigenvalue weighted by molar-refractivity contribution is -0.165. The van der Waals surface area contributed by atoms with Gasteiger partial charge in [-0.1, -0.05) is 6.07 Å². The predicted molar refractivity (Wildman–Crippen MR) is 71.5 cm³/mol. The number of aliphatic carboxylic acids is 2. The molecule has 2 heterocycles. The molecule has 1 aliphatic rings. The summed E-state index contributed by atoms with van der Waals surface area (Å²) >= 11 is 0. The first-order chi connectivity index (χ1) is 9.93. The molecular weight excluding hydrogens is 280 g/mol. The quantitative estimate of drug-likeness (QED) is 0.495. The van der Waals surface area contributed by atoms with Crippen LogP contribution in [0.25, 0.3) is 0 Å². The van der Waals surface area contributed by atoms with Crippen LogP contribution in [0.15, 0.2) is 24.5 Å². The van der Waals surface area contributed by atoms with Gasteiger partial charge in [0.15, 0.2) is 12.2 Å². The van der Waals surface area contributed by atoms with Crippen molar-refractivity contribution in [2.24, 2.45) is 0 Å². The highest BCUT2D eigenvalue weighted by atomic mass is 16.4. The summed E-state index contributed by atoms with van der Waals surface area (Å²) in [4.78, 5) is 23.6. The van der Waals surface area contributed by atoms with E-state index in [9.17, 15) is 9.59 Å². The molecule has 1 aromatic heterocycles. The molecule has 2 rings (SSSR count). The molecule has 0 spiro atoms. The van der Waals surface area contributed by atoms with Crippen molar-refractivity contribution >= 4 is 11.9 Å². The number of pyridine rings is 1. The van der Waals surface area contributed by atoms with Crippen LogP contribution in [-0.4, -0.2) is 56.1 Å². The number of hydrogen-bond acceptors (Lipinski definition) is 6. The summed E-state index contributed by atoms with van der Waals surface area (Å²) in [6.45, 7) is 1.15. The van der Waals surface area contributed by atoms with Crippen molar-refractivity contribution in [2.75, 3.05) is 6.54 Å². The van der Waals surface area contributed by atoms with Gasteiger partial charge in [0.1, 0.15) is 0 Å². The van der Waals surface area contributed by atoms with E-state index in [2.05, 4.69) is 16.4 Å². The minimum Gasteiger partial charge on any atom is -0.479 e. The Morgan fingerprint density at radius 1 is 1.24 bits per heavy atom. The maximum absolute atomic E-state index is 9.77. The maximum Gasteiger partial charge on any atom is 0.335 e. The zero-order valence-corrected chi connectivity index (χ0v) is 11.2. The Morgan fingerprint density at radius 2 is 1.86 bits per heavy atom. The van der Waals surface area contributed by atoms with E-state index in [1.54, 1.807) is 0 Å². The Balaban J connectivity index is 0.000000212. The number of hydrogen-bond donors (Lipinski definition) is 5. The number of nitrogens with one attached hydrogen (secondary N) is 1. The summed E-state index contributed by atoms with van der Waals surface area (Å²) in [6, 6.07) is 4.69. The van der Waals surface area contributed by atoms with Gasteiger partial charge in [0.2, 0.25) is 0 Å². The molecule has 1 aliphatic heterocycles. The number of carbonyl (C=O) groups is 2. The largest absolute Gasteiger partial charge is 0.479 e. The summed E-state index contributed by atoms with van der Waals surface area (Å²) in [7, 11) is 0. The van der Waals surface area contributed by atoms with E-state index in [1.807, 2.05) is 18.5 Å². The molecule has 0 bridgehead atoms. The van der Waals surface area contributed by atoms with Crippen LogP contribution in [0, 0.1) is 0 Å². The van der Waals surface area contributed by atoms with Gasteiger partial charge in [0.05, 0.1) is 0 Å². The molecule has 8 nitrogen and oxygen atoms in total. The molecule has 21 heavy (non-hydrogen) atoms. The van der Waals surface area contributed by atoms with Gasteiger partial charge in [0.25, 0.3) is 0 Å². The third-order valence-corrected chi connectivity index (χ3v) is 2.95. The summed E-state index contributed by atoms with van der Waals surface area (Å²) < 4.78 is 0. The summed E-state index contributed by atoms with van der Waals surface area (Å²) in [6.07, 6.45) is 1.78. The highest BCUT2D eigenvalue weighted by Crippen LogP contribution is 2.21. The van der Waals surface area contributed by atoms with Crippen molar-refractivity contribution in [3.8, 4) is 0 Å². The van der Waals surface area contributed by atoms with Crippen LogP contribution >= 0.6 is 0 Å². The maximum atomic E-state index is 9.77. The fraction of sp³-hybridized carbons (Fsp3) is 0.462. The van der Waals surface area contributed by atoms with Crippen LogP contribution in [0.2, 0.25) is 0 Å². The highest BCUT2D eigenvalue weighted by Gasteiger charge is 2.29. The SMILES string of the molecule is O=C(O)C(O)C(O)C(=O)O.c1cncc(C2CCCN2)c1. The van der Waals surface area contributed by atoms with Gasteiger partial charge in [-0.2, -0.15) is 0 Å². The average Bonchev–Trinajstić information content (AvgIpc) is 3.01. The first-order valence-corrected chi connectivity index (χ1v) is 6.38. The van der Waals surface area contributed by atoms with E-state index >= 15 is 0 Å². The number of aromatic nitrogens is 1. The van der Waals surface area contributed by atoms with E-state index < -0.39 is 24.1 Å². The Bertz CT molecular complexity index is 443. The van der Waals surface area contributed by atoms with Gasteiger partial charge in [-0.25, -0.2) is 9.59 Å². The van der Waals surface area contributed by atoms with Crippen LogP contribution in [0.5, 0.6) is 0 Å². The molecule has 0 aliphatic carbocycles. The number of aliphatic hydroxyl groups excluding tert-OH is 2. The zero-order valence-electron chi connectivity index (χ0n) is 11.2. The normalized spacial score (nSPS) is 20.0. The molecule has 8 heteroatoms. The summed E-state index contributed by atoms with van der Waals surface area (Å²) in [5.41, 5.74) is 1.32. The van der Waals surface area contributed by atoms with Crippen molar-refractivity contribution in [2.45, 2.75) is 31.1 Å². The number of aliphatic hydroxyl groups is 2. The Kier molecular flexibility index (Phi) is 6.73. The van der Waals surface area contributed by atoms with Crippen molar-refractivity contribution in [3.05, 3.63) is 30.1 Å². The van der Waals surface area contributed by atoms with Gasteiger partial charge in [-0.15, -0.1) is 0 Å². The molecule has 116 valence electrons. The third-order valence-electron chi connectivity index (χ3n) is 2.95. The average molecular weight is 298 g/mol. The van der Waals surface area contributed by atoms with Gasteiger partial charge < -0.3 is 25.7 Å². The Labute approximate surface area is 121 Å². The van der Waals surface area contributed by atoms with E-state index in [0.29, 0.717) is 6.04 Å². The van der Waals surface area contributed by atoms with E-state index in [1.165, 1.54) is 18.4 Å². The van der Waals surface area contributed by atoms with Crippen LogP contribution in [0.1, 0.15) is 24.4 Å². The lowest BCUT2D eigenvalue weighted by atomic mass is 10.1. The summed E-state index contributed by atoms with van der Waals surface area (Å²) in [5, 5.41) is 36.0. The molecule has 1 fully saturated rings. The fourth-order valence-corrected chi connectivity index (χ4v) is 1.82. The number of nitrogens with zero attached hydrogens (tertiary/aromatic N) is 1. The van der Waals surface area contributed by atoms with Gasteiger partial charge in [0, 0.05) is 18.4 Å². The molecule has 3 atom stereocenters. The summed E-state index contributed by atoms with van der Waals surface area (Å²) in [5.74, 6) is -3.54. The van der Waals surface area contributed by atoms with Crippen molar-refractivity contribution in [3.63, 3.8) is 0 Å². The van der Waals surface area contributed by atoms with Crippen LogP contribution in [0.4, 0.5) is 0 Å². The molecule has 1 saturated heterocycles. The number of rotatable bonds is 4. The second kappa shape index (κ2) is 8.30. The zero-order chi connectivity index (χ0) is 15.8. The van der Waals surface area contributed by atoms with E-state index in [0.717, 1.165) is 6.54 Å². The highest BCUT2D eigenvalue weighted by molar-refractivity contribution is 5.83. The second-order valence-electron chi connectivity index (χ2n) is 4.50. The molecule has 1 aromatic rings. The molecule has 5 N–H and O–H groups in total. The third kappa shape index (κ3) is 5.46. The van der Waals surface area contributed by atoms with Crippen molar-refractivity contribution in [1.29, 1.82) is 0 Å². The Morgan fingerprint density at radius 3 is 2.24 bits per heavy atom. The lowest BCUT2D eigenvalue weighted by Gasteiger charge is -2.08. The molecule has 0 amide bonds. The van der Waals surface area contributed by atoms with Gasteiger partial charge in [-0.05, 0) is 31.0 Å². The van der Waals surface area contributed by atoms with E-state index in [4.69, 9.17) is 20.4 Å². The smallest absolute Gasteiger partial charge is 0.335 e. The van der Waals surface area contributed by atoms with Crippen LogP contribution in [-0.2, 0) is 9.59 Å². The van der Waals surface area contributed by atoms with E-state index in [-0.39, 0.29) is 0 Å². The topological polar surface area (TPSA) is 140 Å². The number of carboxylic acid groups (broad SMARTS) is 2. The first kappa shape index (κ1) is 17.0. The molecule has 0 saturated carbocycles. The first-order valence-electron chi connectivity index (χ1n) is 6.38. The molecule has 0 radical (unpaired) electrons. The minimum atomic E-state index is -2.27. The standard InChI is InChI=1S/C9H12N2.C4H6O6/c1-3-8(7-10-5-1)9-4-2-6-11-9;5-1(3(7)8)2(6)4(9)10/h1,3,5,7,9,11H,2,4,6H2;1-2,5-6H,(H,7,8)(H,9,10). The van der Waals surface area contributed by atoms with Crippen LogP contribution in [0.3, 0.4) is 0 Å². The van der Waals surface area contributed by atoms with Crippen LogP contribution < -0.4 is 5.32 Å². The van der Waals surface area contributed by atoms with Crippen molar-refractivity contribution < 1.29 is 30.0 Å². The second-order valence-corrected chi connectivity index (χ2v) is 4.50. The lowest BCUT2D eigenvalue weighted by Crippen LogP contribution is -2.39. The number of carboxylic acids is 2. The molecule has 0 aromatic carbocycles. The van der Waals surface area contributed by atoms with Gasteiger partial charge in [-0.3, -0.25) is 4.98 Å². The minimum absolute atomic E-state index is 0.559. The van der Waals surface area contributed by atoms with Crippen molar-refractivity contribution in [1.82, 2.24) is 10.3 Å². The predicted octanol–water partition coefficient (Wildman–Crippen LogP) is -0.616. The monoisotopic (exact) mass is 298 g/mol. The van der Waals surface area contributed by atoms with Gasteiger partial charge >= 0.3 is 11.9 Å². The Hall–Kier alpha value is -2.03. The fourth-order valence-electron chi connectivity index (χ4n) is 1.82. The molecular formula is C13H18N2O6.